The fraction of sp³-hybridized carbons (Fsp3) is 0.0455. The molecule has 0 atom stereocenters. The van der Waals surface area contributed by atoms with Crippen molar-refractivity contribution >= 4 is 29.7 Å². The average Bonchev–Trinajstić information content (AvgIpc) is 2.70. The number of hydrogen-bond donors (Lipinski definition) is 1. The Morgan fingerprint density at radius 1 is 0.885 bits per heavy atom. The third kappa shape index (κ3) is 3.83. The standard InChI is InChI=1S/C22H18NO2P/c1-2-17-23(25)22(24)20-15-9-10-16-21(20)26(18-11-5-3-6-12-18)19-13-7-4-8-14-19/h1,3-16,25H,17H2. The molecule has 128 valence electrons. The quantitative estimate of drug-likeness (QED) is 0.329. The predicted octanol–water partition coefficient (Wildman–Crippen LogP) is 2.91. The second-order valence-corrected chi connectivity index (χ2v) is 7.78. The number of benzene rings is 3. The van der Waals surface area contributed by atoms with Gasteiger partial charge in [0, 0.05) is 0 Å². The number of amides is 1. The van der Waals surface area contributed by atoms with Crippen molar-refractivity contribution in [2.24, 2.45) is 0 Å². The summed E-state index contributed by atoms with van der Waals surface area (Å²) in [5.74, 6) is 1.80. The summed E-state index contributed by atoms with van der Waals surface area (Å²) in [7, 11) is -0.944. The highest BCUT2D eigenvalue weighted by molar-refractivity contribution is 7.80. The molecule has 0 bridgehead atoms. The molecule has 3 aromatic rings. The lowest BCUT2D eigenvalue weighted by atomic mass is 10.2. The summed E-state index contributed by atoms with van der Waals surface area (Å²) < 4.78 is 0. The molecule has 0 aromatic heterocycles. The number of hydroxylamine groups is 2. The molecule has 26 heavy (non-hydrogen) atoms. The summed E-state index contributed by atoms with van der Waals surface area (Å²) in [4.78, 5) is 12.7. The monoisotopic (exact) mass is 359 g/mol. The van der Waals surface area contributed by atoms with Crippen LogP contribution < -0.4 is 15.9 Å². The molecule has 0 fully saturated rings. The van der Waals surface area contributed by atoms with Gasteiger partial charge in [-0.2, -0.15) is 0 Å². The largest absolute Gasteiger partial charge is 0.285 e. The van der Waals surface area contributed by atoms with Gasteiger partial charge < -0.3 is 0 Å². The molecule has 3 aromatic carbocycles. The second-order valence-electron chi connectivity index (χ2n) is 5.59. The van der Waals surface area contributed by atoms with Crippen LogP contribution in [-0.4, -0.2) is 22.7 Å². The summed E-state index contributed by atoms with van der Waals surface area (Å²) in [5.41, 5.74) is 0.462. The number of nitrogens with zero attached hydrogens (tertiary/aromatic N) is 1. The zero-order valence-corrected chi connectivity index (χ0v) is 15.0. The minimum absolute atomic E-state index is 0.151. The van der Waals surface area contributed by atoms with E-state index in [1.165, 1.54) is 0 Å². The molecule has 0 radical (unpaired) electrons. The topological polar surface area (TPSA) is 40.5 Å². The van der Waals surface area contributed by atoms with Crippen LogP contribution in [0.4, 0.5) is 0 Å². The Morgan fingerprint density at radius 2 is 1.38 bits per heavy atom. The normalized spacial score (nSPS) is 10.3. The first-order valence-corrected chi connectivity index (χ1v) is 9.50. The molecule has 1 amide bonds. The van der Waals surface area contributed by atoms with Crippen molar-refractivity contribution < 1.29 is 10.0 Å². The van der Waals surface area contributed by atoms with E-state index in [2.05, 4.69) is 30.2 Å². The minimum Gasteiger partial charge on any atom is -0.285 e. The van der Waals surface area contributed by atoms with Gasteiger partial charge in [-0.05, 0) is 29.9 Å². The van der Waals surface area contributed by atoms with E-state index >= 15 is 0 Å². The van der Waals surface area contributed by atoms with Crippen molar-refractivity contribution in [1.29, 1.82) is 0 Å². The molecule has 0 aliphatic rings. The van der Waals surface area contributed by atoms with Gasteiger partial charge in [0.25, 0.3) is 5.91 Å². The second kappa shape index (κ2) is 8.45. The minimum atomic E-state index is -0.944. The van der Waals surface area contributed by atoms with Crippen molar-refractivity contribution in [1.82, 2.24) is 5.06 Å². The molecule has 0 unspecified atom stereocenters. The summed E-state index contributed by atoms with van der Waals surface area (Å²) in [6.45, 7) is -0.151. The van der Waals surface area contributed by atoms with E-state index in [1.807, 2.05) is 48.5 Å². The van der Waals surface area contributed by atoms with Crippen molar-refractivity contribution in [2.75, 3.05) is 6.54 Å². The van der Waals surface area contributed by atoms with Gasteiger partial charge in [0.15, 0.2) is 0 Å². The molecular weight excluding hydrogens is 341 g/mol. The van der Waals surface area contributed by atoms with Crippen LogP contribution in [0.25, 0.3) is 0 Å². The Bertz CT molecular complexity index is 880. The first kappa shape index (κ1) is 17.9. The highest BCUT2D eigenvalue weighted by atomic mass is 31.1. The number of carbonyl (C=O) groups excluding carboxylic acids is 1. The molecule has 3 rings (SSSR count). The van der Waals surface area contributed by atoms with E-state index < -0.39 is 13.8 Å². The fourth-order valence-corrected chi connectivity index (χ4v) is 5.17. The maximum absolute atomic E-state index is 12.7. The Balaban J connectivity index is 2.15. The average molecular weight is 359 g/mol. The summed E-state index contributed by atoms with van der Waals surface area (Å²) in [5, 5.41) is 13.7. The molecule has 0 aliphatic carbocycles. The maximum Gasteiger partial charge on any atom is 0.278 e. The number of terminal acetylenes is 1. The molecular formula is C22H18NO2P. The first-order chi connectivity index (χ1) is 12.7. The highest BCUT2D eigenvalue weighted by Gasteiger charge is 2.24. The molecule has 1 N–H and O–H groups in total. The van der Waals surface area contributed by atoms with Crippen molar-refractivity contribution in [3.05, 3.63) is 90.5 Å². The molecule has 4 heteroatoms. The summed E-state index contributed by atoms with van der Waals surface area (Å²) in [6.07, 6.45) is 5.23. The highest BCUT2D eigenvalue weighted by Crippen LogP contribution is 2.34. The van der Waals surface area contributed by atoms with Crippen LogP contribution in [0.2, 0.25) is 0 Å². The van der Waals surface area contributed by atoms with Crippen LogP contribution in [0.3, 0.4) is 0 Å². The summed E-state index contributed by atoms with van der Waals surface area (Å²) >= 11 is 0. The van der Waals surface area contributed by atoms with Crippen LogP contribution in [0.1, 0.15) is 10.4 Å². The van der Waals surface area contributed by atoms with E-state index in [9.17, 15) is 10.0 Å². The van der Waals surface area contributed by atoms with Gasteiger partial charge in [0.05, 0.1) is 5.56 Å². The van der Waals surface area contributed by atoms with E-state index in [1.54, 1.807) is 12.1 Å². The van der Waals surface area contributed by atoms with Gasteiger partial charge in [0.2, 0.25) is 0 Å². The molecule has 3 nitrogen and oxygen atoms in total. The SMILES string of the molecule is C#CCN(O)C(=O)c1ccccc1P(c1ccccc1)c1ccccc1. The van der Waals surface area contributed by atoms with Crippen LogP contribution in [0.15, 0.2) is 84.9 Å². The lowest BCUT2D eigenvalue weighted by Gasteiger charge is -2.23. The Kier molecular flexibility index (Phi) is 5.81. The Morgan fingerprint density at radius 3 is 1.92 bits per heavy atom. The fourth-order valence-electron chi connectivity index (χ4n) is 2.73. The lowest BCUT2D eigenvalue weighted by Crippen LogP contribution is -2.33. The zero-order valence-electron chi connectivity index (χ0n) is 14.1. The predicted molar refractivity (Wildman–Crippen MR) is 107 cm³/mol. The van der Waals surface area contributed by atoms with Crippen molar-refractivity contribution in [3.8, 4) is 12.3 Å². The van der Waals surface area contributed by atoms with Crippen molar-refractivity contribution in [3.63, 3.8) is 0 Å². The number of rotatable bonds is 5. The van der Waals surface area contributed by atoms with Gasteiger partial charge in [-0.1, -0.05) is 84.8 Å². The first-order valence-electron chi connectivity index (χ1n) is 8.16. The maximum atomic E-state index is 12.7. The zero-order chi connectivity index (χ0) is 18.4. The molecule has 0 saturated heterocycles. The van der Waals surface area contributed by atoms with Crippen LogP contribution in [-0.2, 0) is 0 Å². The number of carbonyl (C=O) groups is 1. The van der Waals surface area contributed by atoms with Gasteiger partial charge in [-0.15, -0.1) is 6.42 Å². The number of hydrogen-bond acceptors (Lipinski definition) is 2. The van der Waals surface area contributed by atoms with E-state index in [0.717, 1.165) is 15.9 Å². The van der Waals surface area contributed by atoms with E-state index in [-0.39, 0.29) is 6.54 Å². The van der Waals surface area contributed by atoms with Crippen LogP contribution in [0.5, 0.6) is 0 Å². The van der Waals surface area contributed by atoms with Crippen LogP contribution >= 0.6 is 7.92 Å². The van der Waals surface area contributed by atoms with Gasteiger partial charge in [0.1, 0.15) is 6.54 Å². The third-order valence-corrected chi connectivity index (χ3v) is 6.38. The Hall–Kier alpha value is -2.92. The van der Waals surface area contributed by atoms with Crippen LogP contribution in [0, 0.1) is 12.3 Å². The van der Waals surface area contributed by atoms with Gasteiger partial charge in [-0.25, -0.2) is 5.06 Å². The molecule has 0 spiro atoms. The van der Waals surface area contributed by atoms with Crippen molar-refractivity contribution in [2.45, 2.75) is 0 Å². The summed E-state index contributed by atoms with van der Waals surface area (Å²) in [6, 6.07) is 27.6. The van der Waals surface area contributed by atoms with E-state index in [0.29, 0.717) is 10.6 Å². The lowest BCUT2D eigenvalue weighted by molar-refractivity contribution is -0.0477. The molecule has 0 heterocycles. The van der Waals surface area contributed by atoms with Gasteiger partial charge >= 0.3 is 0 Å². The van der Waals surface area contributed by atoms with Gasteiger partial charge in [-0.3, -0.25) is 10.0 Å². The van der Waals surface area contributed by atoms with E-state index in [4.69, 9.17) is 6.42 Å². The molecule has 0 aliphatic heterocycles. The molecule has 0 saturated carbocycles. The third-order valence-electron chi connectivity index (χ3n) is 3.88. The Labute approximate surface area is 154 Å². The smallest absolute Gasteiger partial charge is 0.278 e.